The first-order valence-electron chi connectivity index (χ1n) is 5.90. The Morgan fingerprint density at radius 2 is 1.95 bits per heavy atom. The van der Waals surface area contributed by atoms with E-state index in [4.69, 9.17) is 0 Å². The van der Waals surface area contributed by atoms with E-state index in [2.05, 4.69) is 20.5 Å². The maximum Gasteiger partial charge on any atom is 0.327 e. The number of anilines is 2. The molecule has 2 amide bonds. The Labute approximate surface area is 115 Å². The number of urea groups is 1. The van der Waals surface area contributed by atoms with Gasteiger partial charge in [-0.1, -0.05) is 18.2 Å². The van der Waals surface area contributed by atoms with E-state index in [1.54, 1.807) is 24.4 Å². The lowest BCUT2D eigenvalue weighted by atomic mass is 10.3. The number of nitrogens with zero attached hydrogens (tertiary/aromatic N) is 2. The van der Waals surface area contributed by atoms with Crippen molar-refractivity contribution in [3.8, 4) is 0 Å². The number of ether oxygens (including phenoxy) is 1. The maximum absolute atomic E-state index is 11.7. The Bertz CT molecular complexity index is 595. The zero-order valence-corrected chi connectivity index (χ0v) is 10.9. The van der Waals surface area contributed by atoms with Crippen LogP contribution in [-0.2, 0) is 16.1 Å². The number of methoxy groups -OCH3 is 1. The van der Waals surface area contributed by atoms with E-state index < -0.39 is 12.0 Å². The summed E-state index contributed by atoms with van der Waals surface area (Å²) >= 11 is 0. The molecule has 0 aliphatic carbocycles. The lowest BCUT2D eigenvalue weighted by molar-refractivity contribution is -0.141. The first kappa shape index (κ1) is 13.6. The molecular weight excluding hydrogens is 260 g/mol. The van der Waals surface area contributed by atoms with E-state index in [-0.39, 0.29) is 6.54 Å². The fourth-order valence-electron chi connectivity index (χ4n) is 1.51. The third kappa shape index (κ3) is 3.84. The van der Waals surface area contributed by atoms with Gasteiger partial charge in [-0.05, 0) is 12.1 Å². The second-order valence-corrected chi connectivity index (χ2v) is 3.92. The van der Waals surface area contributed by atoms with Gasteiger partial charge in [0, 0.05) is 18.0 Å². The minimum atomic E-state index is -0.409. The molecule has 0 bridgehead atoms. The predicted molar refractivity (Wildman–Crippen MR) is 73.3 cm³/mol. The number of esters is 1. The molecule has 0 saturated carbocycles. The topological polar surface area (TPSA) is 85.2 Å². The highest BCUT2D eigenvalue weighted by Crippen LogP contribution is 2.07. The largest absolute Gasteiger partial charge is 0.468 e. The van der Waals surface area contributed by atoms with Crippen molar-refractivity contribution in [3.05, 3.63) is 42.6 Å². The van der Waals surface area contributed by atoms with Crippen LogP contribution in [0.25, 0.3) is 0 Å². The van der Waals surface area contributed by atoms with Gasteiger partial charge in [-0.2, -0.15) is 5.10 Å². The summed E-state index contributed by atoms with van der Waals surface area (Å²) in [5.74, 6) is -0.0595. The van der Waals surface area contributed by atoms with E-state index in [1.807, 2.05) is 18.2 Å². The summed E-state index contributed by atoms with van der Waals surface area (Å²) in [5, 5.41) is 9.25. The number of carbonyl (C=O) groups is 2. The van der Waals surface area contributed by atoms with Gasteiger partial charge >= 0.3 is 12.0 Å². The van der Waals surface area contributed by atoms with Crippen LogP contribution in [0.4, 0.5) is 16.3 Å². The Morgan fingerprint density at radius 1 is 1.20 bits per heavy atom. The molecule has 7 nitrogen and oxygen atoms in total. The Balaban J connectivity index is 1.90. The van der Waals surface area contributed by atoms with Crippen LogP contribution in [0, 0.1) is 0 Å². The summed E-state index contributed by atoms with van der Waals surface area (Å²) in [7, 11) is 1.30. The molecule has 2 aromatic rings. The molecular formula is C13H14N4O3. The number of aromatic nitrogens is 2. The minimum absolute atomic E-state index is 0.00150. The number of hydrogen-bond donors (Lipinski definition) is 2. The van der Waals surface area contributed by atoms with Gasteiger partial charge in [0.25, 0.3) is 0 Å². The number of hydrogen-bond acceptors (Lipinski definition) is 4. The Morgan fingerprint density at radius 3 is 2.65 bits per heavy atom. The van der Waals surface area contributed by atoms with Crippen LogP contribution in [0.15, 0.2) is 42.6 Å². The molecule has 104 valence electrons. The monoisotopic (exact) mass is 274 g/mol. The smallest absolute Gasteiger partial charge is 0.327 e. The fraction of sp³-hybridized carbons (Fsp3) is 0.154. The SMILES string of the molecule is COC(=O)Cn1ccc(NC(=O)Nc2ccccc2)n1. The summed E-state index contributed by atoms with van der Waals surface area (Å²) in [6.45, 7) is -0.00150. The van der Waals surface area contributed by atoms with Crippen LogP contribution in [-0.4, -0.2) is 28.9 Å². The lowest BCUT2D eigenvalue weighted by Crippen LogP contribution is -2.20. The zero-order chi connectivity index (χ0) is 14.4. The van der Waals surface area contributed by atoms with Crippen LogP contribution in [0.3, 0.4) is 0 Å². The highest BCUT2D eigenvalue weighted by Gasteiger charge is 2.07. The molecule has 0 spiro atoms. The van der Waals surface area contributed by atoms with Crippen molar-refractivity contribution in [1.82, 2.24) is 9.78 Å². The third-order valence-corrected chi connectivity index (χ3v) is 2.43. The highest BCUT2D eigenvalue weighted by atomic mass is 16.5. The van der Waals surface area contributed by atoms with Gasteiger partial charge in [-0.3, -0.25) is 14.8 Å². The number of benzene rings is 1. The van der Waals surface area contributed by atoms with E-state index >= 15 is 0 Å². The van der Waals surface area contributed by atoms with Crippen LogP contribution >= 0.6 is 0 Å². The molecule has 0 aliphatic heterocycles. The maximum atomic E-state index is 11.7. The minimum Gasteiger partial charge on any atom is -0.468 e. The van der Waals surface area contributed by atoms with Crippen molar-refractivity contribution in [1.29, 1.82) is 0 Å². The zero-order valence-electron chi connectivity index (χ0n) is 10.9. The van der Waals surface area contributed by atoms with Crippen molar-refractivity contribution in [2.24, 2.45) is 0 Å². The Kier molecular flexibility index (Phi) is 4.33. The molecule has 7 heteroatoms. The Hall–Kier alpha value is -2.83. The standard InChI is InChI=1S/C13H14N4O3/c1-20-12(18)9-17-8-7-11(16-17)15-13(19)14-10-5-3-2-4-6-10/h2-8H,9H2,1H3,(H2,14,15,16,19). The van der Waals surface area contributed by atoms with Crippen molar-refractivity contribution >= 4 is 23.5 Å². The van der Waals surface area contributed by atoms with Crippen LogP contribution in [0.2, 0.25) is 0 Å². The molecule has 2 N–H and O–H groups in total. The van der Waals surface area contributed by atoms with Gasteiger partial charge in [0.05, 0.1) is 7.11 Å². The van der Waals surface area contributed by atoms with Gasteiger partial charge in [-0.15, -0.1) is 0 Å². The highest BCUT2D eigenvalue weighted by molar-refractivity contribution is 5.99. The normalized spacial score (nSPS) is 9.85. The number of carbonyl (C=O) groups excluding carboxylic acids is 2. The third-order valence-electron chi connectivity index (χ3n) is 2.43. The molecule has 2 rings (SSSR count). The number of rotatable bonds is 4. The first-order chi connectivity index (χ1) is 9.67. The molecule has 20 heavy (non-hydrogen) atoms. The van der Waals surface area contributed by atoms with Gasteiger partial charge in [0.1, 0.15) is 6.54 Å². The second-order valence-electron chi connectivity index (χ2n) is 3.92. The summed E-state index contributed by atoms with van der Waals surface area (Å²) in [6, 6.07) is 10.2. The van der Waals surface area contributed by atoms with Crippen LogP contribution < -0.4 is 10.6 Å². The van der Waals surface area contributed by atoms with Crippen LogP contribution in [0.5, 0.6) is 0 Å². The number of amides is 2. The number of para-hydroxylation sites is 1. The molecule has 0 radical (unpaired) electrons. The summed E-state index contributed by atoms with van der Waals surface area (Å²) in [4.78, 5) is 22.8. The van der Waals surface area contributed by atoms with Gasteiger partial charge < -0.3 is 10.1 Å². The summed E-state index contributed by atoms with van der Waals surface area (Å²) in [6.07, 6.45) is 1.58. The van der Waals surface area contributed by atoms with Crippen molar-refractivity contribution < 1.29 is 14.3 Å². The molecule has 0 saturated heterocycles. The molecule has 0 fully saturated rings. The van der Waals surface area contributed by atoms with E-state index in [0.717, 1.165) is 0 Å². The average Bonchev–Trinajstić information content (AvgIpc) is 2.86. The van der Waals surface area contributed by atoms with Crippen molar-refractivity contribution in [3.63, 3.8) is 0 Å². The number of nitrogens with one attached hydrogen (secondary N) is 2. The molecule has 1 aromatic heterocycles. The van der Waals surface area contributed by atoms with E-state index in [9.17, 15) is 9.59 Å². The summed E-state index contributed by atoms with van der Waals surface area (Å²) in [5.41, 5.74) is 0.680. The molecule has 0 atom stereocenters. The lowest BCUT2D eigenvalue weighted by Gasteiger charge is -2.05. The van der Waals surface area contributed by atoms with Crippen molar-refractivity contribution in [2.75, 3.05) is 17.7 Å². The molecule has 1 aromatic carbocycles. The van der Waals surface area contributed by atoms with E-state index in [0.29, 0.717) is 11.5 Å². The fourth-order valence-corrected chi connectivity index (χ4v) is 1.51. The second kappa shape index (κ2) is 6.37. The van der Waals surface area contributed by atoms with Gasteiger partial charge in [-0.25, -0.2) is 4.79 Å². The summed E-state index contributed by atoms with van der Waals surface area (Å²) < 4.78 is 5.90. The molecule has 0 aliphatic rings. The van der Waals surface area contributed by atoms with Gasteiger partial charge in [0.15, 0.2) is 5.82 Å². The first-order valence-corrected chi connectivity index (χ1v) is 5.90. The molecule has 0 unspecified atom stereocenters. The van der Waals surface area contributed by atoms with E-state index in [1.165, 1.54) is 11.8 Å². The van der Waals surface area contributed by atoms with Crippen LogP contribution in [0.1, 0.15) is 0 Å². The predicted octanol–water partition coefficient (Wildman–Crippen LogP) is 1.70. The quantitative estimate of drug-likeness (QED) is 0.831. The average molecular weight is 274 g/mol. The molecule has 1 heterocycles. The van der Waals surface area contributed by atoms with Crippen molar-refractivity contribution in [2.45, 2.75) is 6.54 Å². The van der Waals surface area contributed by atoms with Gasteiger partial charge in [0.2, 0.25) is 0 Å².